The second kappa shape index (κ2) is 13.5. The second-order valence-corrected chi connectivity index (χ2v) is 12.1. The predicted octanol–water partition coefficient (Wildman–Crippen LogP) is 2.85. The van der Waals surface area contributed by atoms with Gasteiger partial charge >= 0.3 is 0 Å². The van der Waals surface area contributed by atoms with Crippen molar-refractivity contribution in [3.8, 4) is 5.75 Å². The van der Waals surface area contributed by atoms with Crippen LogP contribution in [0.2, 0.25) is 0 Å². The molecule has 3 aromatic rings. The van der Waals surface area contributed by atoms with E-state index >= 15 is 0 Å². The summed E-state index contributed by atoms with van der Waals surface area (Å²) in [5.41, 5.74) is 2.46. The molecule has 0 spiro atoms. The van der Waals surface area contributed by atoms with Crippen LogP contribution < -0.4 is 25.0 Å². The number of anilines is 4. The van der Waals surface area contributed by atoms with Crippen molar-refractivity contribution in [1.29, 1.82) is 0 Å². The van der Waals surface area contributed by atoms with Crippen molar-refractivity contribution in [3.05, 3.63) is 72.1 Å². The number of amides is 2. The SMILES string of the molecule is C=CC(=O)N1CCC(NC(=O)c2ccc(Nc3ncc(C)c(NCc4cccnc4N(C)S(C)(=O)=O)n3)c(OC)c2)CC1. The number of nitrogens with one attached hydrogen (secondary N) is 3. The van der Waals surface area contributed by atoms with E-state index in [0.29, 0.717) is 66.1 Å². The summed E-state index contributed by atoms with van der Waals surface area (Å²) in [5, 5.41) is 9.43. The molecular formula is C29H36N8O5S. The van der Waals surface area contributed by atoms with E-state index in [-0.39, 0.29) is 24.4 Å². The van der Waals surface area contributed by atoms with Crippen molar-refractivity contribution >= 4 is 45.1 Å². The van der Waals surface area contributed by atoms with Crippen molar-refractivity contribution in [2.45, 2.75) is 32.4 Å². The normalized spacial score (nSPS) is 13.6. The maximum atomic E-state index is 13.0. The molecule has 14 heteroatoms. The molecule has 13 nitrogen and oxygen atoms in total. The molecule has 4 rings (SSSR count). The molecule has 0 saturated carbocycles. The van der Waals surface area contributed by atoms with Crippen LogP contribution in [0, 0.1) is 6.92 Å². The minimum Gasteiger partial charge on any atom is -0.495 e. The van der Waals surface area contributed by atoms with Crippen molar-refractivity contribution in [3.63, 3.8) is 0 Å². The lowest BCUT2D eigenvalue weighted by molar-refractivity contribution is -0.127. The van der Waals surface area contributed by atoms with Gasteiger partial charge in [-0.25, -0.2) is 18.4 Å². The minimum absolute atomic E-state index is 0.0356. The second-order valence-electron chi connectivity index (χ2n) is 10.1. The smallest absolute Gasteiger partial charge is 0.251 e. The van der Waals surface area contributed by atoms with E-state index in [0.717, 1.165) is 16.1 Å². The Balaban J connectivity index is 1.43. The number of likely N-dealkylation sites (tertiary alicyclic amines) is 1. The first kappa shape index (κ1) is 31.2. The lowest BCUT2D eigenvalue weighted by atomic mass is 10.0. The third-order valence-electron chi connectivity index (χ3n) is 7.11. The molecule has 1 aromatic carbocycles. The lowest BCUT2D eigenvalue weighted by Crippen LogP contribution is -2.46. The summed E-state index contributed by atoms with van der Waals surface area (Å²) in [5.74, 6) is 1.27. The van der Waals surface area contributed by atoms with Crippen LogP contribution in [0.15, 0.2) is 55.4 Å². The number of pyridine rings is 1. The molecule has 1 aliphatic rings. The highest BCUT2D eigenvalue weighted by Gasteiger charge is 2.23. The monoisotopic (exact) mass is 608 g/mol. The van der Waals surface area contributed by atoms with E-state index in [1.54, 1.807) is 41.4 Å². The van der Waals surface area contributed by atoms with Gasteiger partial charge in [0.1, 0.15) is 17.4 Å². The van der Waals surface area contributed by atoms with Gasteiger partial charge in [-0.05, 0) is 50.1 Å². The molecule has 43 heavy (non-hydrogen) atoms. The van der Waals surface area contributed by atoms with E-state index in [9.17, 15) is 18.0 Å². The molecule has 2 amide bonds. The van der Waals surface area contributed by atoms with Gasteiger partial charge in [-0.2, -0.15) is 4.98 Å². The van der Waals surface area contributed by atoms with Crippen LogP contribution >= 0.6 is 0 Å². The highest BCUT2D eigenvalue weighted by atomic mass is 32.2. The number of sulfonamides is 1. The number of benzene rings is 1. The Hall–Kier alpha value is -4.72. The van der Waals surface area contributed by atoms with Crippen molar-refractivity contribution in [2.24, 2.45) is 0 Å². The summed E-state index contributed by atoms with van der Waals surface area (Å²) in [4.78, 5) is 39.7. The quantitative estimate of drug-likeness (QED) is 0.276. The minimum atomic E-state index is -3.48. The third kappa shape index (κ3) is 7.77. The summed E-state index contributed by atoms with van der Waals surface area (Å²) in [6, 6.07) is 8.55. The van der Waals surface area contributed by atoms with Crippen LogP contribution in [0.25, 0.3) is 0 Å². The fourth-order valence-electron chi connectivity index (χ4n) is 4.57. The highest BCUT2D eigenvalue weighted by molar-refractivity contribution is 7.92. The van der Waals surface area contributed by atoms with Gasteiger partial charge in [0.25, 0.3) is 5.91 Å². The Labute approximate surface area is 251 Å². The van der Waals surface area contributed by atoms with Gasteiger partial charge in [0, 0.05) is 61.8 Å². The fraction of sp³-hybridized carbons (Fsp3) is 0.345. The Kier molecular flexibility index (Phi) is 9.80. The number of carbonyl (C=O) groups is 2. The summed E-state index contributed by atoms with van der Waals surface area (Å²) in [6.07, 6.45) is 6.96. The molecule has 1 aliphatic heterocycles. The van der Waals surface area contributed by atoms with E-state index in [1.165, 1.54) is 26.4 Å². The molecule has 3 heterocycles. The van der Waals surface area contributed by atoms with E-state index in [1.807, 2.05) is 6.92 Å². The number of piperidine rings is 1. The average Bonchev–Trinajstić information content (AvgIpc) is 3.00. The van der Waals surface area contributed by atoms with Gasteiger partial charge in [0.2, 0.25) is 21.9 Å². The molecule has 2 aromatic heterocycles. The molecule has 0 radical (unpaired) electrons. The number of hydrogen-bond donors (Lipinski definition) is 3. The van der Waals surface area contributed by atoms with Crippen LogP contribution in [-0.4, -0.2) is 79.6 Å². The van der Waals surface area contributed by atoms with Gasteiger partial charge < -0.3 is 25.6 Å². The number of ether oxygens (including phenoxy) is 1. The van der Waals surface area contributed by atoms with Crippen molar-refractivity contribution in [1.82, 2.24) is 25.2 Å². The lowest BCUT2D eigenvalue weighted by Gasteiger charge is -2.31. The van der Waals surface area contributed by atoms with Gasteiger partial charge in [0.05, 0.1) is 19.1 Å². The standard InChI is InChI=1S/C29H36N8O5S/c1-6-25(38)37-14-11-22(12-15-37)33-28(39)20-9-10-23(24(16-20)42-4)34-29-32-17-19(2)26(35-29)31-18-21-8-7-13-30-27(21)36(3)43(5,40)41/h6-10,13,16-17,22H,1,11-12,14-15,18H2,2-5H3,(H,33,39)(H2,31,32,34,35). The molecule has 0 atom stereocenters. The van der Waals surface area contributed by atoms with E-state index in [2.05, 4.69) is 37.5 Å². The van der Waals surface area contributed by atoms with E-state index < -0.39 is 10.0 Å². The van der Waals surface area contributed by atoms with Crippen LogP contribution in [-0.2, 0) is 21.4 Å². The van der Waals surface area contributed by atoms with Gasteiger partial charge in [-0.1, -0.05) is 12.6 Å². The van der Waals surface area contributed by atoms with Crippen LogP contribution in [0.5, 0.6) is 5.75 Å². The van der Waals surface area contributed by atoms with Crippen LogP contribution in [0.4, 0.5) is 23.3 Å². The first-order chi connectivity index (χ1) is 20.5. The van der Waals surface area contributed by atoms with Gasteiger partial charge in [0.15, 0.2) is 0 Å². The maximum absolute atomic E-state index is 13.0. The zero-order chi connectivity index (χ0) is 31.1. The summed E-state index contributed by atoms with van der Waals surface area (Å²) in [6.45, 7) is 6.79. The number of carbonyl (C=O) groups excluding carboxylic acids is 2. The topological polar surface area (TPSA) is 159 Å². The fourth-order valence-corrected chi connectivity index (χ4v) is 5.05. The molecular weight excluding hydrogens is 572 g/mol. The number of aromatic nitrogens is 3. The third-order valence-corrected chi connectivity index (χ3v) is 8.28. The first-order valence-electron chi connectivity index (χ1n) is 13.6. The molecule has 1 saturated heterocycles. The predicted molar refractivity (Wildman–Crippen MR) is 165 cm³/mol. The van der Waals surface area contributed by atoms with Crippen LogP contribution in [0.1, 0.15) is 34.3 Å². The number of rotatable bonds is 11. The average molecular weight is 609 g/mol. The maximum Gasteiger partial charge on any atom is 0.251 e. The number of nitrogens with zero attached hydrogens (tertiary/aromatic N) is 5. The molecule has 3 N–H and O–H groups in total. The number of methoxy groups -OCH3 is 1. The zero-order valence-corrected chi connectivity index (χ0v) is 25.4. The Morgan fingerprint density at radius 2 is 1.95 bits per heavy atom. The zero-order valence-electron chi connectivity index (χ0n) is 24.6. The Morgan fingerprint density at radius 3 is 2.63 bits per heavy atom. The number of aryl methyl sites for hydroxylation is 1. The van der Waals surface area contributed by atoms with Crippen molar-refractivity contribution < 1.29 is 22.7 Å². The van der Waals surface area contributed by atoms with Gasteiger partial charge in [-0.3, -0.25) is 13.9 Å². The summed E-state index contributed by atoms with van der Waals surface area (Å²) in [7, 11) is -0.518. The molecule has 0 unspecified atom stereocenters. The first-order valence-corrected chi connectivity index (χ1v) is 15.5. The number of hydrogen-bond acceptors (Lipinski definition) is 10. The largest absolute Gasteiger partial charge is 0.495 e. The molecule has 0 bridgehead atoms. The molecule has 1 fully saturated rings. The van der Waals surface area contributed by atoms with Gasteiger partial charge in [-0.15, -0.1) is 0 Å². The summed E-state index contributed by atoms with van der Waals surface area (Å²) >= 11 is 0. The van der Waals surface area contributed by atoms with E-state index in [4.69, 9.17) is 4.74 Å². The Morgan fingerprint density at radius 1 is 1.21 bits per heavy atom. The molecule has 228 valence electrons. The Bertz CT molecular complexity index is 1610. The summed E-state index contributed by atoms with van der Waals surface area (Å²) < 4.78 is 30.8. The highest BCUT2D eigenvalue weighted by Crippen LogP contribution is 2.29. The van der Waals surface area contributed by atoms with Crippen LogP contribution in [0.3, 0.4) is 0 Å². The molecule has 0 aliphatic carbocycles. The van der Waals surface area contributed by atoms with Crippen molar-refractivity contribution in [2.75, 3.05) is 48.4 Å².